The molecule has 0 aliphatic rings. The van der Waals surface area contributed by atoms with Crippen LogP contribution in [0.1, 0.15) is 5.69 Å². The summed E-state index contributed by atoms with van der Waals surface area (Å²) in [6.07, 6.45) is 1.60. The largest absolute Gasteiger partial charge is 0.306 e. The average Bonchev–Trinajstić information content (AvgIpc) is 2.78. The van der Waals surface area contributed by atoms with Crippen molar-refractivity contribution in [1.29, 1.82) is 0 Å². The molecule has 2 rings (SSSR count). The summed E-state index contributed by atoms with van der Waals surface area (Å²) in [5.41, 5.74) is 0.480. The van der Waals surface area contributed by atoms with Crippen LogP contribution in [0.25, 0.3) is 5.69 Å². The Morgan fingerprint density at radius 3 is 2.88 bits per heavy atom. The van der Waals surface area contributed by atoms with E-state index in [1.165, 1.54) is 10.7 Å². The summed E-state index contributed by atoms with van der Waals surface area (Å²) in [6, 6.07) is 3.54. The predicted octanol–water partition coefficient (Wildman–Crippen LogP) is 2.21. The minimum atomic E-state index is -0.875. The van der Waals surface area contributed by atoms with Crippen molar-refractivity contribution >= 4 is 21.6 Å². The van der Waals surface area contributed by atoms with E-state index in [-0.39, 0.29) is 0 Å². The quantitative estimate of drug-likeness (QED) is 0.495. The lowest BCUT2D eigenvalue weighted by atomic mass is 10.2. The van der Waals surface area contributed by atoms with Crippen LogP contribution in [0.2, 0.25) is 0 Å². The van der Waals surface area contributed by atoms with Crippen molar-refractivity contribution in [1.82, 2.24) is 15.0 Å². The van der Waals surface area contributed by atoms with Gasteiger partial charge < -0.3 is 0 Å². The third-order valence-electron chi connectivity index (χ3n) is 2.07. The van der Waals surface area contributed by atoms with E-state index in [4.69, 9.17) is 0 Å². The molecule has 1 heterocycles. The minimum absolute atomic E-state index is 0.387. The summed E-state index contributed by atoms with van der Waals surface area (Å²) < 4.78 is 14.5. The van der Waals surface area contributed by atoms with Gasteiger partial charge >= 0.3 is 5.69 Å². The molecule has 17 heavy (non-hydrogen) atoms. The zero-order valence-corrected chi connectivity index (χ0v) is 9.96. The number of alkyl halides is 1. The van der Waals surface area contributed by atoms with Crippen LogP contribution in [0, 0.1) is 15.9 Å². The molecule has 0 N–H and O–H groups in total. The van der Waals surface area contributed by atoms with Crippen molar-refractivity contribution in [3.05, 3.63) is 46.0 Å². The molecule has 0 aliphatic heterocycles. The van der Waals surface area contributed by atoms with Crippen molar-refractivity contribution in [3.63, 3.8) is 0 Å². The second kappa shape index (κ2) is 4.58. The lowest BCUT2D eigenvalue weighted by Crippen LogP contribution is -1.98. The van der Waals surface area contributed by atoms with Crippen LogP contribution in [-0.2, 0) is 5.33 Å². The minimum Gasteiger partial charge on any atom is -0.258 e. The van der Waals surface area contributed by atoms with E-state index in [9.17, 15) is 14.5 Å². The van der Waals surface area contributed by atoms with Gasteiger partial charge in [0, 0.05) is 11.4 Å². The van der Waals surface area contributed by atoms with Gasteiger partial charge in [0.05, 0.1) is 22.5 Å². The van der Waals surface area contributed by atoms with Gasteiger partial charge in [0.1, 0.15) is 0 Å². The Bertz CT molecular complexity index is 572. The highest BCUT2D eigenvalue weighted by molar-refractivity contribution is 9.08. The van der Waals surface area contributed by atoms with Gasteiger partial charge in [-0.15, -0.1) is 5.10 Å². The molecular formula is C9H6BrFN4O2. The maximum Gasteiger partial charge on any atom is 0.306 e. The highest BCUT2D eigenvalue weighted by Gasteiger charge is 2.15. The number of rotatable bonds is 3. The lowest BCUT2D eigenvalue weighted by Gasteiger charge is -2.00. The number of nitro groups is 1. The normalized spacial score (nSPS) is 10.5. The molecule has 0 fully saturated rings. The summed E-state index contributed by atoms with van der Waals surface area (Å²) in [4.78, 5) is 9.80. The van der Waals surface area contributed by atoms with Crippen molar-refractivity contribution in [2.75, 3.05) is 0 Å². The van der Waals surface area contributed by atoms with E-state index in [1.807, 2.05) is 0 Å². The fourth-order valence-electron chi connectivity index (χ4n) is 1.27. The van der Waals surface area contributed by atoms with Crippen molar-refractivity contribution in [2.24, 2.45) is 0 Å². The van der Waals surface area contributed by atoms with Gasteiger partial charge in [-0.3, -0.25) is 10.1 Å². The van der Waals surface area contributed by atoms with Gasteiger partial charge in [-0.25, -0.2) is 4.68 Å². The first-order valence-corrected chi connectivity index (χ1v) is 5.65. The molecule has 0 atom stereocenters. The van der Waals surface area contributed by atoms with Gasteiger partial charge in [0.2, 0.25) is 5.82 Å². The Morgan fingerprint density at radius 1 is 1.53 bits per heavy atom. The third kappa shape index (κ3) is 2.31. The van der Waals surface area contributed by atoms with Crippen molar-refractivity contribution in [3.8, 4) is 5.69 Å². The number of nitro benzene ring substituents is 1. The van der Waals surface area contributed by atoms with Crippen LogP contribution < -0.4 is 0 Å². The highest BCUT2D eigenvalue weighted by Crippen LogP contribution is 2.20. The highest BCUT2D eigenvalue weighted by atomic mass is 79.9. The fraction of sp³-hybridized carbons (Fsp3) is 0.111. The van der Waals surface area contributed by atoms with Gasteiger partial charge in [-0.2, -0.15) is 4.39 Å². The predicted molar refractivity (Wildman–Crippen MR) is 60.6 cm³/mol. The Hall–Kier alpha value is -1.83. The van der Waals surface area contributed by atoms with E-state index in [0.29, 0.717) is 16.7 Å². The molecule has 1 aromatic carbocycles. The molecule has 6 nitrogen and oxygen atoms in total. The van der Waals surface area contributed by atoms with Crippen LogP contribution in [0.3, 0.4) is 0 Å². The van der Waals surface area contributed by atoms with E-state index in [2.05, 4.69) is 26.2 Å². The van der Waals surface area contributed by atoms with Crippen LogP contribution in [-0.4, -0.2) is 19.9 Å². The Kier molecular flexibility index (Phi) is 3.14. The smallest absolute Gasteiger partial charge is 0.258 e. The van der Waals surface area contributed by atoms with E-state index >= 15 is 0 Å². The number of benzene rings is 1. The number of hydrogen-bond donors (Lipinski definition) is 0. The zero-order valence-electron chi connectivity index (χ0n) is 8.38. The summed E-state index contributed by atoms with van der Waals surface area (Å²) in [5, 5.41) is 18.7. The average molecular weight is 301 g/mol. The van der Waals surface area contributed by atoms with Crippen LogP contribution >= 0.6 is 15.9 Å². The maximum atomic E-state index is 13.1. The number of halogens is 2. The molecule has 2 aromatic rings. The molecule has 0 saturated carbocycles. The second-order valence-corrected chi connectivity index (χ2v) is 3.74. The Morgan fingerprint density at radius 2 is 2.29 bits per heavy atom. The molecule has 0 amide bonds. The third-order valence-corrected chi connectivity index (χ3v) is 2.64. The van der Waals surface area contributed by atoms with Crippen LogP contribution in [0.5, 0.6) is 0 Å². The second-order valence-electron chi connectivity index (χ2n) is 3.18. The lowest BCUT2D eigenvalue weighted by molar-refractivity contribution is -0.387. The van der Waals surface area contributed by atoms with Crippen LogP contribution in [0.4, 0.5) is 10.1 Å². The summed E-state index contributed by atoms with van der Waals surface area (Å²) >= 11 is 3.21. The van der Waals surface area contributed by atoms with Gasteiger partial charge in [0.15, 0.2) is 0 Å². The zero-order chi connectivity index (χ0) is 12.4. The molecular weight excluding hydrogens is 295 g/mol. The first-order chi connectivity index (χ1) is 8.11. The van der Waals surface area contributed by atoms with Crippen molar-refractivity contribution < 1.29 is 9.31 Å². The molecule has 0 bridgehead atoms. The molecule has 88 valence electrons. The first kappa shape index (κ1) is 11.6. The molecule has 1 aromatic heterocycles. The standard InChI is InChI=1S/C9H6BrFN4O2/c10-4-6-5-14(13-12-6)7-1-2-8(11)9(3-7)15(16)17/h1-3,5H,4H2. The number of aromatic nitrogens is 3. The summed E-state index contributed by atoms with van der Waals surface area (Å²) in [6.45, 7) is 0. The van der Waals surface area contributed by atoms with E-state index in [0.717, 1.165) is 12.1 Å². The molecule has 0 radical (unpaired) electrons. The topological polar surface area (TPSA) is 73.8 Å². The Balaban J connectivity index is 2.46. The van der Waals surface area contributed by atoms with E-state index < -0.39 is 16.4 Å². The summed E-state index contributed by atoms with van der Waals surface area (Å²) in [5.74, 6) is -0.875. The molecule has 8 heteroatoms. The summed E-state index contributed by atoms with van der Waals surface area (Å²) in [7, 11) is 0. The number of hydrogen-bond acceptors (Lipinski definition) is 4. The first-order valence-electron chi connectivity index (χ1n) is 4.53. The Labute approximate surface area is 103 Å². The van der Waals surface area contributed by atoms with Gasteiger partial charge in [0.25, 0.3) is 0 Å². The fourth-order valence-corrected chi connectivity index (χ4v) is 1.53. The van der Waals surface area contributed by atoms with Crippen molar-refractivity contribution in [2.45, 2.75) is 5.33 Å². The maximum absolute atomic E-state index is 13.1. The van der Waals surface area contributed by atoms with Gasteiger partial charge in [-0.1, -0.05) is 21.1 Å². The van der Waals surface area contributed by atoms with E-state index in [1.54, 1.807) is 6.20 Å². The monoisotopic (exact) mass is 300 g/mol. The van der Waals surface area contributed by atoms with Gasteiger partial charge in [-0.05, 0) is 12.1 Å². The molecule has 0 unspecified atom stereocenters. The SMILES string of the molecule is O=[N+]([O-])c1cc(-n2cc(CBr)nn2)ccc1F. The molecule has 0 aliphatic carbocycles. The molecule has 0 spiro atoms. The van der Waals surface area contributed by atoms with Crippen LogP contribution in [0.15, 0.2) is 24.4 Å². The molecule has 0 saturated heterocycles. The number of nitrogens with zero attached hydrogens (tertiary/aromatic N) is 4.